The van der Waals surface area contributed by atoms with Gasteiger partial charge in [0.25, 0.3) is 0 Å². The van der Waals surface area contributed by atoms with E-state index in [2.05, 4.69) is 6.92 Å². The third kappa shape index (κ3) is 2.51. The Balaban J connectivity index is 2.61. The lowest BCUT2D eigenvalue weighted by molar-refractivity contribution is 0.290. The molecule has 76 valence electrons. The number of rotatable bonds is 4. The van der Waals surface area contributed by atoms with Crippen molar-refractivity contribution < 1.29 is 9.09 Å². The zero-order valence-electron chi connectivity index (χ0n) is 8.71. The molecule has 1 rings (SSSR count). The monoisotopic (exact) mass is 203 g/mol. The Bertz CT molecular complexity index is 174. The van der Waals surface area contributed by atoms with Crippen LogP contribution in [-0.2, 0) is 9.09 Å². The third-order valence-electron chi connectivity index (χ3n) is 3.08. The summed E-state index contributed by atoms with van der Waals surface area (Å²) in [4.78, 5) is 0. The van der Waals surface area contributed by atoms with Crippen LogP contribution in [0.5, 0.6) is 0 Å². The van der Waals surface area contributed by atoms with Gasteiger partial charge in [-0.3, -0.25) is 0 Å². The minimum absolute atomic E-state index is 0.0175. The molecule has 0 aromatic rings. The van der Waals surface area contributed by atoms with Crippen LogP contribution in [-0.4, -0.2) is 11.8 Å². The molecule has 1 aliphatic carbocycles. The number of hydrogen-bond acceptors (Lipinski definition) is 2. The van der Waals surface area contributed by atoms with Crippen LogP contribution in [0.25, 0.3) is 0 Å². The Morgan fingerprint density at radius 3 is 2.31 bits per heavy atom. The highest BCUT2D eigenvalue weighted by Crippen LogP contribution is 2.51. The van der Waals surface area contributed by atoms with Crippen molar-refractivity contribution in [3.63, 3.8) is 0 Å². The van der Waals surface area contributed by atoms with E-state index in [1.165, 1.54) is 19.3 Å². The minimum Gasteiger partial charge on any atom is -0.146 e. The fourth-order valence-electron chi connectivity index (χ4n) is 2.13. The summed E-state index contributed by atoms with van der Waals surface area (Å²) in [7, 11) is -1.43. The van der Waals surface area contributed by atoms with E-state index in [0.717, 1.165) is 19.3 Å². The van der Waals surface area contributed by atoms with Crippen LogP contribution in [0.1, 0.15) is 52.4 Å². The van der Waals surface area contributed by atoms with Crippen LogP contribution < -0.4 is 0 Å². The molecule has 0 aromatic heterocycles. The molecule has 1 saturated carbocycles. The molecular weight excluding hydrogens is 183 g/mol. The van der Waals surface area contributed by atoms with Crippen LogP contribution in [0.3, 0.4) is 0 Å². The molecule has 0 radical (unpaired) electrons. The van der Waals surface area contributed by atoms with Gasteiger partial charge in [-0.1, -0.05) is 13.3 Å². The zero-order valence-corrected chi connectivity index (χ0v) is 9.61. The molecule has 0 aliphatic heterocycles. The highest BCUT2D eigenvalue weighted by atomic mass is 31.1. The van der Waals surface area contributed by atoms with Gasteiger partial charge in [-0.05, 0) is 43.6 Å². The van der Waals surface area contributed by atoms with E-state index < -0.39 is 8.03 Å². The highest BCUT2D eigenvalue weighted by Gasteiger charge is 2.49. The fraction of sp³-hybridized carbons (Fsp3) is 1.00. The van der Waals surface area contributed by atoms with Gasteiger partial charge in [-0.25, -0.2) is 0 Å². The standard InChI is InChI=1S/C10H20O2P/c1-3-10(13(11)12-4-2)8-6-5-7-9-10/h3-9H2,1-2H3/q+1. The van der Waals surface area contributed by atoms with Gasteiger partial charge in [0, 0.05) is 0 Å². The maximum absolute atomic E-state index is 11.9. The molecule has 0 N–H and O–H groups in total. The first-order chi connectivity index (χ1) is 6.25. The molecular formula is C10H20O2P+. The molecule has 1 aliphatic rings. The van der Waals surface area contributed by atoms with Crippen molar-refractivity contribution >= 4 is 8.03 Å². The molecule has 13 heavy (non-hydrogen) atoms. The fourth-order valence-corrected chi connectivity index (χ4v) is 3.58. The van der Waals surface area contributed by atoms with Crippen LogP contribution in [0.4, 0.5) is 0 Å². The molecule has 2 nitrogen and oxygen atoms in total. The van der Waals surface area contributed by atoms with Gasteiger partial charge in [-0.15, -0.1) is 4.52 Å². The Morgan fingerprint density at radius 2 is 1.85 bits per heavy atom. The molecule has 0 aromatic carbocycles. The molecule has 0 spiro atoms. The van der Waals surface area contributed by atoms with Gasteiger partial charge < -0.3 is 0 Å². The van der Waals surface area contributed by atoms with Crippen molar-refractivity contribution in [2.45, 2.75) is 57.5 Å². The molecule has 0 bridgehead atoms. The van der Waals surface area contributed by atoms with Gasteiger partial charge in [-0.2, -0.15) is 0 Å². The lowest BCUT2D eigenvalue weighted by Gasteiger charge is -2.25. The van der Waals surface area contributed by atoms with E-state index >= 15 is 0 Å². The van der Waals surface area contributed by atoms with Crippen LogP contribution in [0.15, 0.2) is 0 Å². The molecule has 3 heteroatoms. The van der Waals surface area contributed by atoms with Gasteiger partial charge in [0.15, 0.2) is 5.16 Å². The second-order valence-electron chi connectivity index (χ2n) is 3.81. The van der Waals surface area contributed by atoms with E-state index in [4.69, 9.17) is 4.52 Å². The average Bonchev–Trinajstić information content (AvgIpc) is 2.19. The zero-order chi connectivity index (χ0) is 9.73. The van der Waals surface area contributed by atoms with E-state index in [9.17, 15) is 4.57 Å². The van der Waals surface area contributed by atoms with Crippen LogP contribution in [0.2, 0.25) is 0 Å². The highest BCUT2D eigenvalue weighted by molar-refractivity contribution is 7.41. The average molecular weight is 203 g/mol. The maximum atomic E-state index is 11.9. The van der Waals surface area contributed by atoms with Gasteiger partial charge in [0.05, 0.1) is 6.61 Å². The van der Waals surface area contributed by atoms with Crippen molar-refractivity contribution in [3.05, 3.63) is 0 Å². The van der Waals surface area contributed by atoms with Crippen molar-refractivity contribution in [2.75, 3.05) is 6.61 Å². The molecule has 0 saturated heterocycles. The van der Waals surface area contributed by atoms with Gasteiger partial charge in [0.1, 0.15) is 0 Å². The third-order valence-corrected chi connectivity index (χ3v) is 5.11. The summed E-state index contributed by atoms with van der Waals surface area (Å²) in [6.07, 6.45) is 6.95. The van der Waals surface area contributed by atoms with E-state index in [1.54, 1.807) is 0 Å². The first kappa shape index (κ1) is 11.1. The van der Waals surface area contributed by atoms with Gasteiger partial charge in [0.2, 0.25) is 0 Å². The summed E-state index contributed by atoms with van der Waals surface area (Å²) in [6, 6.07) is 0. The summed E-state index contributed by atoms with van der Waals surface area (Å²) < 4.78 is 17.2. The molecule has 0 amide bonds. The Morgan fingerprint density at radius 1 is 1.23 bits per heavy atom. The quantitative estimate of drug-likeness (QED) is 0.648. The topological polar surface area (TPSA) is 26.3 Å². The van der Waals surface area contributed by atoms with Crippen LogP contribution >= 0.6 is 8.03 Å². The van der Waals surface area contributed by atoms with Crippen LogP contribution in [0, 0.1) is 0 Å². The molecule has 1 unspecified atom stereocenters. The molecule has 1 fully saturated rings. The Hall–Kier alpha value is 0.0600. The second kappa shape index (κ2) is 5.07. The largest absolute Gasteiger partial charge is 0.514 e. The number of hydrogen-bond donors (Lipinski definition) is 0. The van der Waals surface area contributed by atoms with Crippen molar-refractivity contribution in [1.29, 1.82) is 0 Å². The summed E-state index contributed by atoms with van der Waals surface area (Å²) in [5.74, 6) is 0. The summed E-state index contributed by atoms with van der Waals surface area (Å²) in [5.41, 5.74) is 0. The summed E-state index contributed by atoms with van der Waals surface area (Å²) in [5, 5.41) is 0.0175. The Kier molecular flexibility index (Phi) is 4.34. The predicted octanol–water partition coefficient (Wildman–Crippen LogP) is 3.88. The Labute approximate surface area is 81.9 Å². The first-order valence-corrected chi connectivity index (χ1v) is 6.53. The predicted molar refractivity (Wildman–Crippen MR) is 55.3 cm³/mol. The van der Waals surface area contributed by atoms with E-state index in [1.807, 2.05) is 6.92 Å². The summed E-state index contributed by atoms with van der Waals surface area (Å²) in [6.45, 7) is 4.63. The normalized spacial score (nSPS) is 22.8. The second-order valence-corrected chi connectivity index (χ2v) is 5.53. The van der Waals surface area contributed by atoms with Crippen molar-refractivity contribution in [1.82, 2.24) is 0 Å². The first-order valence-electron chi connectivity index (χ1n) is 5.35. The lowest BCUT2D eigenvalue weighted by Crippen LogP contribution is -2.27. The molecule has 1 atom stereocenters. The van der Waals surface area contributed by atoms with E-state index in [-0.39, 0.29) is 5.16 Å². The van der Waals surface area contributed by atoms with Crippen molar-refractivity contribution in [2.24, 2.45) is 0 Å². The van der Waals surface area contributed by atoms with Crippen molar-refractivity contribution in [3.8, 4) is 0 Å². The SMILES string of the molecule is CCO[P+](=O)C1(CC)CCCCC1. The smallest absolute Gasteiger partial charge is 0.146 e. The molecule has 0 heterocycles. The summed E-state index contributed by atoms with van der Waals surface area (Å²) >= 11 is 0. The van der Waals surface area contributed by atoms with Gasteiger partial charge >= 0.3 is 8.03 Å². The van der Waals surface area contributed by atoms with E-state index in [0.29, 0.717) is 6.61 Å². The maximum Gasteiger partial charge on any atom is 0.514 e. The lowest BCUT2D eigenvalue weighted by atomic mass is 9.86. The minimum atomic E-state index is -1.43.